The van der Waals surface area contributed by atoms with Crippen LogP contribution in [0.3, 0.4) is 0 Å². The normalized spacial score (nSPS) is 21.8. The van der Waals surface area contributed by atoms with E-state index in [1.165, 1.54) is 18.4 Å². The van der Waals surface area contributed by atoms with Gasteiger partial charge in [0.25, 0.3) is 0 Å². The molecule has 3 heterocycles. The highest BCUT2D eigenvalue weighted by atomic mass is 16.1. The third-order valence-electron chi connectivity index (χ3n) is 5.01. The van der Waals surface area contributed by atoms with E-state index in [0.29, 0.717) is 13.0 Å². The van der Waals surface area contributed by atoms with Gasteiger partial charge in [0.2, 0.25) is 5.91 Å². The van der Waals surface area contributed by atoms with E-state index in [0.717, 1.165) is 37.7 Å². The van der Waals surface area contributed by atoms with Crippen LogP contribution in [-0.4, -0.2) is 38.7 Å². The lowest BCUT2D eigenvalue weighted by atomic mass is 10.0. The molecule has 1 aromatic carbocycles. The first kappa shape index (κ1) is 15.3. The van der Waals surface area contributed by atoms with Crippen LogP contribution in [0.15, 0.2) is 30.3 Å². The standard InChI is InChI=1S/C18H23N5O/c24-18-12-15(14-6-2-1-3-7-14)22(11-9-19-18)13-17-21-20-16-8-4-5-10-23(16)17/h1-3,6-7,15H,4-5,8-13H2,(H,19,24). The highest BCUT2D eigenvalue weighted by Gasteiger charge is 2.28. The first-order chi connectivity index (χ1) is 11.8. The number of hydrogen-bond acceptors (Lipinski definition) is 4. The fourth-order valence-corrected chi connectivity index (χ4v) is 3.73. The second-order valence-electron chi connectivity index (χ2n) is 6.59. The van der Waals surface area contributed by atoms with Crippen molar-refractivity contribution >= 4 is 5.91 Å². The fraction of sp³-hybridized carbons (Fsp3) is 0.500. The van der Waals surface area contributed by atoms with Crippen molar-refractivity contribution in [3.63, 3.8) is 0 Å². The van der Waals surface area contributed by atoms with Crippen molar-refractivity contribution in [3.05, 3.63) is 47.5 Å². The van der Waals surface area contributed by atoms with Gasteiger partial charge in [0, 0.05) is 38.5 Å². The second kappa shape index (κ2) is 6.73. The summed E-state index contributed by atoms with van der Waals surface area (Å²) in [6.07, 6.45) is 3.91. The maximum absolute atomic E-state index is 12.1. The molecule has 2 aliphatic rings. The van der Waals surface area contributed by atoms with Gasteiger partial charge in [0.1, 0.15) is 11.6 Å². The Morgan fingerprint density at radius 3 is 2.88 bits per heavy atom. The molecule has 0 radical (unpaired) electrons. The predicted octanol–water partition coefficient (Wildman–Crippen LogP) is 1.68. The van der Waals surface area contributed by atoms with E-state index < -0.39 is 0 Å². The van der Waals surface area contributed by atoms with Crippen molar-refractivity contribution in [3.8, 4) is 0 Å². The Morgan fingerprint density at radius 2 is 2.00 bits per heavy atom. The number of aryl methyl sites for hydroxylation is 1. The molecule has 2 aromatic rings. The summed E-state index contributed by atoms with van der Waals surface area (Å²) < 4.78 is 2.27. The Hall–Kier alpha value is -2.21. The summed E-state index contributed by atoms with van der Waals surface area (Å²) in [5.74, 6) is 2.26. The van der Waals surface area contributed by atoms with Gasteiger partial charge in [-0.05, 0) is 18.4 Å². The third-order valence-corrected chi connectivity index (χ3v) is 5.01. The minimum Gasteiger partial charge on any atom is -0.355 e. The van der Waals surface area contributed by atoms with Gasteiger partial charge in [0.05, 0.1) is 6.54 Å². The van der Waals surface area contributed by atoms with Crippen molar-refractivity contribution in [1.29, 1.82) is 0 Å². The molecule has 1 aromatic heterocycles. The lowest BCUT2D eigenvalue weighted by Gasteiger charge is -2.29. The van der Waals surface area contributed by atoms with E-state index in [1.807, 2.05) is 18.2 Å². The first-order valence-electron chi connectivity index (χ1n) is 8.78. The summed E-state index contributed by atoms with van der Waals surface area (Å²) in [6, 6.07) is 10.4. The SMILES string of the molecule is O=C1CC(c2ccccc2)N(Cc2nnc3n2CCCC3)CCN1. The van der Waals surface area contributed by atoms with Gasteiger partial charge in [-0.1, -0.05) is 30.3 Å². The number of benzene rings is 1. The van der Waals surface area contributed by atoms with Gasteiger partial charge >= 0.3 is 0 Å². The number of hydrogen-bond donors (Lipinski definition) is 1. The molecule has 6 heteroatoms. The molecule has 0 bridgehead atoms. The van der Waals surface area contributed by atoms with Crippen LogP contribution in [0, 0.1) is 0 Å². The minimum absolute atomic E-state index is 0.0882. The van der Waals surface area contributed by atoms with Crippen molar-refractivity contribution in [2.24, 2.45) is 0 Å². The summed E-state index contributed by atoms with van der Waals surface area (Å²) >= 11 is 0. The van der Waals surface area contributed by atoms with E-state index >= 15 is 0 Å². The molecule has 4 rings (SSSR count). The highest BCUT2D eigenvalue weighted by molar-refractivity contribution is 5.77. The molecule has 1 N–H and O–H groups in total. The van der Waals surface area contributed by atoms with Crippen LogP contribution in [0.4, 0.5) is 0 Å². The van der Waals surface area contributed by atoms with E-state index in [2.05, 4.69) is 37.1 Å². The van der Waals surface area contributed by atoms with Crippen molar-refractivity contribution in [1.82, 2.24) is 25.0 Å². The van der Waals surface area contributed by atoms with Crippen molar-refractivity contribution in [2.45, 2.75) is 44.8 Å². The number of fused-ring (bicyclic) bond motifs is 1. The van der Waals surface area contributed by atoms with E-state index in [4.69, 9.17) is 0 Å². The van der Waals surface area contributed by atoms with Crippen LogP contribution in [-0.2, 0) is 24.3 Å². The number of carbonyl (C=O) groups excluding carboxylic acids is 1. The summed E-state index contributed by atoms with van der Waals surface area (Å²) in [5, 5.41) is 11.8. The molecule has 0 aliphatic carbocycles. The van der Waals surface area contributed by atoms with Crippen molar-refractivity contribution in [2.75, 3.05) is 13.1 Å². The van der Waals surface area contributed by atoms with Gasteiger partial charge in [-0.25, -0.2) is 0 Å². The van der Waals surface area contributed by atoms with Gasteiger partial charge < -0.3 is 9.88 Å². The van der Waals surface area contributed by atoms with Gasteiger partial charge in [-0.2, -0.15) is 0 Å². The molecule has 126 valence electrons. The summed E-state index contributed by atoms with van der Waals surface area (Å²) in [5.41, 5.74) is 1.19. The average Bonchev–Trinajstić information content (AvgIpc) is 2.93. The number of aromatic nitrogens is 3. The zero-order valence-corrected chi connectivity index (χ0v) is 13.8. The Balaban J connectivity index is 1.61. The highest BCUT2D eigenvalue weighted by Crippen LogP contribution is 2.27. The molecule has 1 amide bonds. The van der Waals surface area contributed by atoms with Crippen LogP contribution in [0.5, 0.6) is 0 Å². The molecule has 0 spiro atoms. The molecule has 1 fully saturated rings. The molecule has 1 atom stereocenters. The van der Waals surface area contributed by atoms with Crippen LogP contribution < -0.4 is 5.32 Å². The van der Waals surface area contributed by atoms with Gasteiger partial charge in [0.15, 0.2) is 0 Å². The molecule has 0 saturated carbocycles. The molecule has 24 heavy (non-hydrogen) atoms. The molecular weight excluding hydrogens is 302 g/mol. The number of rotatable bonds is 3. The first-order valence-corrected chi connectivity index (χ1v) is 8.78. The summed E-state index contributed by atoms with van der Waals surface area (Å²) in [6.45, 7) is 3.26. The Morgan fingerprint density at radius 1 is 1.12 bits per heavy atom. The molecule has 1 unspecified atom stereocenters. The van der Waals surface area contributed by atoms with Crippen molar-refractivity contribution < 1.29 is 4.79 Å². The molecule has 1 saturated heterocycles. The third kappa shape index (κ3) is 3.06. The Kier molecular flexibility index (Phi) is 4.30. The van der Waals surface area contributed by atoms with Crippen LogP contribution in [0.25, 0.3) is 0 Å². The second-order valence-corrected chi connectivity index (χ2v) is 6.59. The Bertz CT molecular complexity index is 711. The summed E-state index contributed by atoms with van der Waals surface area (Å²) in [7, 11) is 0. The number of nitrogens with zero attached hydrogens (tertiary/aromatic N) is 4. The maximum atomic E-state index is 12.1. The number of amides is 1. The Labute approximate surface area is 141 Å². The smallest absolute Gasteiger partial charge is 0.221 e. The lowest BCUT2D eigenvalue weighted by molar-refractivity contribution is -0.121. The quantitative estimate of drug-likeness (QED) is 0.932. The minimum atomic E-state index is 0.0882. The van der Waals surface area contributed by atoms with Crippen LogP contribution in [0.2, 0.25) is 0 Å². The largest absolute Gasteiger partial charge is 0.355 e. The van der Waals surface area contributed by atoms with E-state index in [1.54, 1.807) is 0 Å². The topological polar surface area (TPSA) is 63.1 Å². The monoisotopic (exact) mass is 325 g/mol. The van der Waals surface area contributed by atoms with E-state index in [-0.39, 0.29) is 11.9 Å². The van der Waals surface area contributed by atoms with Crippen LogP contribution in [0.1, 0.15) is 42.5 Å². The number of carbonyl (C=O) groups is 1. The molecule has 2 aliphatic heterocycles. The number of nitrogens with one attached hydrogen (secondary N) is 1. The average molecular weight is 325 g/mol. The van der Waals surface area contributed by atoms with Gasteiger partial charge in [-0.3, -0.25) is 9.69 Å². The zero-order chi connectivity index (χ0) is 16.4. The van der Waals surface area contributed by atoms with E-state index in [9.17, 15) is 4.79 Å². The lowest BCUT2D eigenvalue weighted by Crippen LogP contribution is -2.32. The zero-order valence-electron chi connectivity index (χ0n) is 13.8. The van der Waals surface area contributed by atoms with Crippen LogP contribution >= 0.6 is 0 Å². The summed E-state index contributed by atoms with van der Waals surface area (Å²) in [4.78, 5) is 14.4. The predicted molar refractivity (Wildman–Crippen MR) is 90.2 cm³/mol. The van der Waals surface area contributed by atoms with Gasteiger partial charge in [-0.15, -0.1) is 10.2 Å². The molecule has 6 nitrogen and oxygen atoms in total. The molecular formula is C18H23N5O. The maximum Gasteiger partial charge on any atom is 0.221 e. The fourth-order valence-electron chi connectivity index (χ4n) is 3.73.